The second kappa shape index (κ2) is 7.40. The molecule has 0 aliphatic carbocycles. The lowest BCUT2D eigenvalue weighted by Gasteiger charge is -2.17. The lowest BCUT2D eigenvalue weighted by molar-refractivity contribution is -0.115. The molecule has 106 valence electrons. The summed E-state index contributed by atoms with van der Waals surface area (Å²) in [6.45, 7) is 5.96. The molecule has 2 atom stereocenters. The monoisotopic (exact) mass is 282 g/mol. The van der Waals surface area contributed by atoms with E-state index in [0.29, 0.717) is 12.1 Å². The Morgan fingerprint density at radius 1 is 1.47 bits per heavy atom. The smallest absolute Gasteiger partial charge is 0.237 e. The van der Waals surface area contributed by atoms with Gasteiger partial charge in [0.25, 0.3) is 0 Å². The van der Waals surface area contributed by atoms with Crippen LogP contribution in [0.4, 0.5) is 11.4 Å². The van der Waals surface area contributed by atoms with Gasteiger partial charge in [-0.2, -0.15) is 0 Å². The molecular weight excluding hydrogens is 260 g/mol. The minimum atomic E-state index is -0.154. The molecule has 4 N–H and O–H groups in total. The number of aliphatic hydroxyl groups is 1. The van der Waals surface area contributed by atoms with E-state index in [2.05, 4.69) is 5.32 Å². The van der Waals surface area contributed by atoms with Crippen LogP contribution in [-0.2, 0) is 4.79 Å². The minimum absolute atomic E-state index is 0.0253. The van der Waals surface area contributed by atoms with Gasteiger partial charge >= 0.3 is 0 Å². The molecule has 0 saturated heterocycles. The van der Waals surface area contributed by atoms with E-state index in [1.165, 1.54) is 0 Å². The maximum Gasteiger partial charge on any atom is 0.237 e. The number of nitrogen functional groups attached to an aromatic ring is 1. The zero-order valence-electron chi connectivity index (χ0n) is 11.6. The lowest BCUT2D eigenvalue weighted by Crippen LogP contribution is -2.24. The molecule has 19 heavy (non-hydrogen) atoms. The zero-order valence-corrected chi connectivity index (χ0v) is 12.5. The van der Waals surface area contributed by atoms with Crippen molar-refractivity contribution in [2.24, 2.45) is 0 Å². The molecule has 0 fully saturated rings. The summed E-state index contributed by atoms with van der Waals surface area (Å²) >= 11 is 1.56. The van der Waals surface area contributed by atoms with E-state index in [0.717, 1.165) is 11.3 Å². The van der Waals surface area contributed by atoms with Crippen LogP contribution in [0.25, 0.3) is 0 Å². The number of aryl methyl sites for hydroxylation is 1. The largest absolute Gasteiger partial charge is 0.399 e. The third-order valence-corrected chi connectivity index (χ3v) is 4.17. The molecule has 0 aliphatic heterocycles. The van der Waals surface area contributed by atoms with Gasteiger partial charge in [0.15, 0.2) is 0 Å². The van der Waals surface area contributed by atoms with Gasteiger partial charge < -0.3 is 16.2 Å². The van der Waals surface area contributed by atoms with E-state index in [9.17, 15) is 4.79 Å². The number of rotatable bonds is 6. The number of hydrogen-bond donors (Lipinski definition) is 3. The number of nitrogens with two attached hydrogens (primary N) is 1. The predicted octanol–water partition coefficient (Wildman–Crippen LogP) is 2.41. The summed E-state index contributed by atoms with van der Waals surface area (Å²) in [6, 6.07) is 5.42. The molecule has 0 saturated carbocycles. The summed E-state index contributed by atoms with van der Waals surface area (Å²) in [7, 11) is 0. The maximum absolute atomic E-state index is 12.1. The molecule has 0 aromatic heterocycles. The first-order valence-electron chi connectivity index (χ1n) is 6.37. The van der Waals surface area contributed by atoms with Crippen molar-refractivity contribution in [2.75, 3.05) is 17.7 Å². The second-order valence-corrected chi connectivity index (χ2v) is 6.45. The quantitative estimate of drug-likeness (QED) is 0.700. The Labute approximate surface area is 118 Å². The van der Waals surface area contributed by atoms with Crippen LogP contribution in [0.5, 0.6) is 0 Å². The number of aliphatic hydroxyl groups excluding tert-OH is 1. The van der Waals surface area contributed by atoms with Crippen LogP contribution in [-0.4, -0.2) is 28.1 Å². The molecule has 0 spiro atoms. The SMILES string of the molecule is Cc1cc(N)ccc1NC(=O)C(C)SC(C)CCO. The van der Waals surface area contributed by atoms with Gasteiger partial charge in [0.05, 0.1) is 5.25 Å². The summed E-state index contributed by atoms with van der Waals surface area (Å²) in [6.07, 6.45) is 0.698. The zero-order chi connectivity index (χ0) is 14.4. The highest BCUT2D eigenvalue weighted by molar-refractivity contribution is 8.01. The number of carbonyl (C=O) groups excluding carboxylic acids is 1. The molecule has 0 radical (unpaired) electrons. The molecule has 1 amide bonds. The molecule has 0 heterocycles. The standard InChI is InChI=1S/C14H22N2O2S/c1-9-8-12(15)4-5-13(9)16-14(18)11(3)19-10(2)6-7-17/h4-5,8,10-11,17H,6-7,15H2,1-3H3,(H,16,18). The molecule has 4 nitrogen and oxygen atoms in total. The van der Waals surface area contributed by atoms with Crippen LogP contribution in [0.2, 0.25) is 0 Å². The summed E-state index contributed by atoms with van der Waals surface area (Å²) in [5.41, 5.74) is 8.11. The Kier molecular flexibility index (Phi) is 6.18. The first-order valence-corrected chi connectivity index (χ1v) is 7.31. The third-order valence-electron chi connectivity index (χ3n) is 2.85. The van der Waals surface area contributed by atoms with Crippen molar-refractivity contribution in [1.82, 2.24) is 0 Å². The van der Waals surface area contributed by atoms with Crippen molar-refractivity contribution >= 4 is 29.0 Å². The number of thioether (sulfide) groups is 1. The van der Waals surface area contributed by atoms with Gasteiger partial charge in [-0.25, -0.2) is 0 Å². The van der Waals surface area contributed by atoms with Crippen LogP contribution in [0, 0.1) is 6.92 Å². The van der Waals surface area contributed by atoms with E-state index in [1.54, 1.807) is 17.8 Å². The molecule has 1 rings (SSSR count). The van der Waals surface area contributed by atoms with Crippen LogP contribution < -0.4 is 11.1 Å². The first-order chi connectivity index (χ1) is 8.93. The highest BCUT2D eigenvalue weighted by Crippen LogP contribution is 2.23. The normalized spacial score (nSPS) is 13.9. The van der Waals surface area contributed by atoms with Gasteiger partial charge in [-0.1, -0.05) is 6.92 Å². The van der Waals surface area contributed by atoms with Crippen LogP contribution >= 0.6 is 11.8 Å². The molecule has 5 heteroatoms. The number of benzene rings is 1. The Morgan fingerprint density at radius 2 is 2.16 bits per heavy atom. The second-order valence-electron chi connectivity index (χ2n) is 4.66. The van der Waals surface area contributed by atoms with E-state index in [1.807, 2.05) is 32.9 Å². The van der Waals surface area contributed by atoms with Crippen molar-refractivity contribution < 1.29 is 9.90 Å². The average Bonchev–Trinajstić information content (AvgIpc) is 2.32. The van der Waals surface area contributed by atoms with Gasteiger partial charge in [0, 0.05) is 23.2 Å². The summed E-state index contributed by atoms with van der Waals surface area (Å²) in [4.78, 5) is 12.1. The summed E-state index contributed by atoms with van der Waals surface area (Å²) in [5.74, 6) is -0.0253. The fourth-order valence-corrected chi connectivity index (χ4v) is 2.84. The highest BCUT2D eigenvalue weighted by Gasteiger charge is 2.17. The van der Waals surface area contributed by atoms with Gasteiger partial charge in [-0.05, 0) is 44.0 Å². The van der Waals surface area contributed by atoms with E-state index >= 15 is 0 Å². The van der Waals surface area contributed by atoms with E-state index in [4.69, 9.17) is 10.8 Å². The number of amides is 1. The number of nitrogens with one attached hydrogen (secondary N) is 1. The van der Waals surface area contributed by atoms with Crippen LogP contribution in [0.1, 0.15) is 25.8 Å². The minimum Gasteiger partial charge on any atom is -0.399 e. The summed E-state index contributed by atoms with van der Waals surface area (Å²) in [5, 5.41) is 11.9. The van der Waals surface area contributed by atoms with E-state index in [-0.39, 0.29) is 23.0 Å². The lowest BCUT2D eigenvalue weighted by atomic mass is 10.2. The van der Waals surface area contributed by atoms with Gasteiger partial charge in [-0.15, -0.1) is 11.8 Å². The van der Waals surface area contributed by atoms with Crippen molar-refractivity contribution in [3.05, 3.63) is 23.8 Å². The van der Waals surface area contributed by atoms with Crippen LogP contribution in [0.15, 0.2) is 18.2 Å². The third kappa shape index (κ3) is 5.12. The average molecular weight is 282 g/mol. The predicted molar refractivity (Wildman–Crippen MR) is 82.4 cm³/mol. The number of anilines is 2. The van der Waals surface area contributed by atoms with Gasteiger partial charge in [0.1, 0.15) is 0 Å². The maximum atomic E-state index is 12.1. The molecule has 0 bridgehead atoms. The Morgan fingerprint density at radius 3 is 2.74 bits per heavy atom. The van der Waals surface area contributed by atoms with Crippen molar-refractivity contribution in [3.63, 3.8) is 0 Å². The van der Waals surface area contributed by atoms with Crippen LogP contribution in [0.3, 0.4) is 0 Å². The first kappa shape index (κ1) is 15.9. The molecular formula is C14H22N2O2S. The Balaban J connectivity index is 2.58. The molecule has 1 aromatic carbocycles. The fraction of sp³-hybridized carbons (Fsp3) is 0.500. The highest BCUT2D eigenvalue weighted by atomic mass is 32.2. The molecule has 1 aromatic rings. The molecule has 0 aliphatic rings. The van der Waals surface area contributed by atoms with Crippen molar-refractivity contribution in [2.45, 2.75) is 37.7 Å². The number of hydrogen-bond acceptors (Lipinski definition) is 4. The van der Waals surface area contributed by atoms with Crippen molar-refractivity contribution in [1.29, 1.82) is 0 Å². The van der Waals surface area contributed by atoms with Crippen molar-refractivity contribution in [3.8, 4) is 0 Å². The van der Waals surface area contributed by atoms with E-state index < -0.39 is 0 Å². The van der Waals surface area contributed by atoms with Gasteiger partial charge in [-0.3, -0.25) is 4.79 Å². The Bertz CT molecular complexity index is 437. The Hall–Kier alpha value is -1.20. The number of carbonyl (C=O) groups is 1. The topological polar surface area (TPSA) is 75.3 Å². The molecule has 2 unspecified atom stereocenters. The summed E-state index contributed by atoms with van der Waals surface area (Å²) < 4.78 is 0. The van der Waals surface area contributed by atoms with Gasteiger partial charge in [0.2, 0.25) is 5.91 Å². The fourth-order valence-electron chi connectivity index (χ4n) is 1.72.